The lowest BCUT2D eigenvalue weighted by molar-refractivity contribution is -0.145. The molecule has 0 amide bonds. The molecule has 1 aliphatic rings. The number of nitrogens with zero attached hydrogens (tertiary/aromatic N) is 1. The number of aliphatic carboxylic acids is 2. The van der Waals surface area contributed by atoms with Crippen LogP contribution in [-0.4, -0.2) is 46.2 Å². The van der Waals surface area contributed by atoms with E-state index in [1.54, 1.807) is 0 Å². The Hall–Kier alpha value is -1.10. The van der Waals surface area contributed by atoms with E-state index in [1.807, 2.05) is 11.8 Å². The molecule has 15 heavy (non-hydrogen) atoms. The van der Waals surface area contributed by atoms with Gasteiger partial charge in [-0.05, 0) is 25.8 Å². The van der Waals surface area contributed by atoms with Gasteiger partial charge in [-0.3, -0.25) is 14.5 Å². The predicted octanol–water partition coefficient (Wildman–Crippen LogP) is 0.646. The molecule has 5 heteroatoms. The second-order valence-electron chi connectivity index (χ2n) is 3.99. The average Bonchev–Trinajstić information content (AvgIpc) is 2.17. The highest BCUT2D eigenvalue weighted by atomic mass is 16.4. The molecule has 2 unspecified atom stereocenters. The van der Waals surface area contributed by atoms with Crippen LogP contribution in [0.15, 0.2) is 0 Å². The van der Waals surface area contributed by atoms with Gasteiger partial charge in [0.25, 0.3) is 0 Å². The molecule has 0 saturated carbocycles. The van der Waals surface area contributed by atoms with Crippen molar-refractivity contribution in [2.24, 2.45) is 5.92 Å². The van der Waals surface area contributed by atoms with Crippen molar-refractivity contribution in [2.45, 2.75) is 32.2 Å². The van der Waals surface area contributed by atoms with E-state index in [4.69, 9.17) is 10.2 Å². The first-order chi connectivity index (χ1) is 7.04. The molecule has 0 bridgehead atoms. The fourth-order valence-electron chi connectivity index (χ4n) is 2.13. The molecule has 0 radical (unpaired) electrons. The van der Waals surface area contributed by atoms with Crippen LogP contribution in [-0.2, 0) is 9.59 Å². The quantitative estimate of drug-likeness (QED) is 0.719. The Morgan fingerprint density at radius 3 is 2.53 bits per heavy atom. The van der Waals surface area contributed by atoms with Crippen molar-refractivity contribution >= 4 is 11.9 Å². The van der Waals surface area contributed by atoms with Gasteiger partial charge in [0.1, 0.15) is 0 Å². The van der Waals surface area contributed by atoms with Crippen LogP contribution >= 0.6 is 0 Å². The van der Waals surface area contributed by atoms with Crippen LogP contribution in [0.3, 0.4) is 0 Å². The Kier molecular flexibility index (Phi) is 4.08. The lowest BCUT2D eigenvalue weighted by Crippen LogP contribution is -2.46. The summed E-state index contributed by atoms with van der Waals surface area (Å²) in [5, 5.41) is 17.6. The first kappa shape index (κ1) is 12.0. The molecule has 0 spiro atoms. The zero-order valence-electron chi connectivity index (χ0n) is 8.85. The van der Waals surface area contributed by atoms with Crippen LogP contribution in [0.1, 0.15) is 26.2 Å². The van der Waals surface area contributed by atoms with Crippen LogP contribution < -0.4 is 0 Å². The topological polar surface area (TPSA) is 77.8 Å². The predicted molar refractivity (Wildman–Crippen MR) is 53.6 cm³/mol. The second-order valence-corrected chi connectivity index (χ2v) is 3.99. The van der Waals surface area contributed by atoms with Gasteiger partial charge in [-0.25, -0.2) is 0 Å². The van der Waals surface area contributed by atoms with E-state index in [-0.39, 0.29) is 18.5 Å². The highest BCUT2D eigenvalue weighted by Crippen LogP contribution is 2.24. The third-order valence-electron chi connectivity index (χ3n) is 3.00. The highest BCUT2D eigenvalue weighted by molar-refractivity contribution is 5.71. The van der Waals surface area contributed by atoms with Gasteiger partial charge in [-0.15, -0.1) is 0 Å². The zero-order chi connectivity index (χ0) is 11.4. The van der Waals surface area contributed by atoms with Gasteiger partial charge in [0.15, 0.2) is 0 Å². The summed E-state index contributed by atoms with van der Waals surface area (Å²) in [5.41, 5.74) is 0. The van der Waals surface area contributed by atoms with E-state index in [0.29, 0.717) is 19.4 Å². The number of piperidine rings is 1. The summed E-state index contributed by atoms with van der Waals surface area (Å²) in [6.07, 6.45) is 1.93. The summed E-state index contributed by atoms with van der Waals surface area (Å²) < 4.78 is 0. The Labute approximate surface area is 88.7 Å². The second kappa shape index (κ2) is 5.11. The molecule has 1 saturated heterocycles. The number of likely N-dealkylation sites (tertiary alicyclic amines) is 1. The Morgan fingerprint density at radius 1 is 1.40 bits per heavy atom. The molecular weight excluding hydrogens is 198 g/mol. The molecule has 86 valence electrons. The standard InChI is InChI=1S/C10H17NO4/c1-2-8-5-7(10(14)15)3-4-11(8)6-9(12)13/h7-8H,2-6H2,1H3,(H,12,13)(H,14,15). The van der Waals surface area contributed by atoms with Crippen LogP contribution in [0.5, 0.6) is 0 Å². The number of rotatable bonds is 4. The maximum Gasteiger partial charge on any atom is 0.317 e. The first-order valence-electron chi connectivity index (χ1n) is 5.23. The van der Waals surface area contributed by atoms with E-state index in [0.717, 1.165) is 6.42 Å². The maximum absolute atomic E-state index is 10.8. The SMILES string of the molecule is CCC1CC(C(=O)O)CCN1CC(=O)O. The van der Waals surface area contributed by atoms with E-state index in [9.17, 15) is 9.59 Å². The summed E-state index contributed by atoms with van der Waals surface area (Å²) >= 11 is 0. The minimum absolute atomic E-state index is 0.0187. The van der Waals surface area contributed by atoms with Gasteiger partial charge in [-0.1, -0.05) is 6.92 Å². The van der Waals surface area contributed by atoms with Crippen LogP contribution in [0, 0.1) is 5.92 Å². The first-order valence-corrected chi connectivity index (χ1v) is 5.23. The fraction of sp³-hybridized carbons (Fsp3) is 0.800. The van der Waals surface area contributed by atoms with Crippen molar-refractivity contribution < 1.29 is 19.8 Å². The normalized spacial score (nSPS) is 27.5. The maximum atomic E-state index is 10.8. The third-order valence-corrected chi connectivity index (χ3v) is 3.00. The molecule has 2 N–H and O–H groups in total. The summed E-state index contributed by atoms with van der Waals surface area (Å²) in [5.74, 6) is -1.91. The van der Waals surface area contributed by atoms with Crippen LogP contribution in [0.25, 0.3) is 0 Å². The fourth-order valence-corrected chi connectivity index (χ4v) is 2.13. The molecule has 0 aromatic heterocycles. The lowest BCUT2D eigenvalue weighted by Gasteiger charge is -2.36. The zero-order valence-corrected chi connectivity index (χ0v) is 8.85. The summed E-state index contributed by atoms with van der Waals surface area (Å²) in [6.45, 7) is 2.55. The smallest absolute Gasteiger partial charge is 0.317 e. The Morgan fingerprint density at radius 2 is 2.07 bits per heavy atom. The van der Waals surface area contributed by atoms with Crippen molar-refractivity contribution in [1.29, 1.82) is 0 Å². The summed E-state index contributed by atoms with van der Waals surface area (Å²) in [6, 6.07) is 0.0935. The molecule has 1 aliphatic heterocycles. The molecule has 5 nitrogen and oxygen atoms in total. The molecule has 1 fully saturated rings. The van der Waals surface area contributed by atoms with Crippen LogP contribution in [0.2, 0.25) is 0 Å². The number of carbonyl (C=O) groups is 2. The van der Waals surface area contributed by atoms with Crippen molar-refractivity contribution in [3.8, 4) is 0 Å². The van der Waals surface area contributed by atoms with Gasteiger partial charge in [0.05, 0.1) is 12.5 Å². The van der Waals surface area contributed by atoms with Gasteiger partial charge in [-0.2, -0.15) is 0 Å². The van der Waals surface area contributed by atoms with Gasteiger partial charge in [0.2, 0.25) is 0 Å². The Balaban J connectivity index is 2.56. The largest absolute Gasteiger partial charge is 0.481 e. The average molecular weight is 215 g/mol. The Bertz CT molecular complexity index is 254. The van der Waals surface area contributed by atoms with Crippen LogP contribution in [0.4, 0.5) is 0 Å². The summed E-state index contributed by atoms with van der Waals surface area (Å²) in [7, 11) is 0. The van der Waals surface area contributed by atoms with E-state index in [2.05, 4.69) is 0 Å². The molecule has 0 aromatic carbocycles. The van der Waals surface area contributed by atoms with E-state index in [1.165, 1.54) is 0 Å². The number of carboxylic acid groups (broad SMARTS) is 2. The van der Waals surface area contributed by atoms with Gasteiger partial charge in [0, 0.05) is 6.04 Å². The molecular formula is C10H17NO4. The molecule has 0 aromatic rings. The molecule has 2 atom stereocenters. The number of carboxylic acids is 2. The molecule has 0 aliphatic carbocycles. The monoisotopic (exact) mass is 215 g/mol. The number of hydrogen-bond acceptors (Lipinski definition) is 3. The minimum atomic E-state index is -0.845. The third kappa shape index (κ3) is 3.20. The van der Waals surface area contributed by atoms with Crippen molar-refractivity contribution in [3.05, 3.63) is 0 Å². The molecule has 1 rings (SSSR count). The van der Waals surface area contributed by atoms with Gasteiger partial charge >= 0.3 is 11.9 Å². The highest BCUT2D eigenvalue weighted by Gasteiger charge is 2.31. The lowest BCUT2D eigenvalue weighted by atomic mass is 9.89. The van der Waals surface area contributed by atoms with Crippen molar-refractivity contribution in [3.63, 3.8) is 0 Å². The minimum Gasteiger partial charge on any atom is -0.481 e. The number of hydrogen-bond donors (Lipinski definition) is 2. The summed E-state index contributed by atoms with van der Waals surface area (Å²) in [4.78, 5) is 23.3. The van der Waals surface area contributed by atoms with Crippen molar-refractivity contribution in [2.75, 3.05) is 13.1 Å². The van der Waals surface area contributed by atoms with E-state index < -0.39 is 11.9 Å². The van der Waals surface area contributed by atoms with Crippen molar-refractivity contribution in [1.82, 2.24) is 4.90 Å². The van der Waals surface area contributed by atoms with E-state index >= 15 is 0 Å². The molecule has 1 heterocycles. The van der Waals surface area contributed by atoms with Gasteiger partial charge < -0.3 is 10.2 Å².